The van der Waals surface area contributed by atoms with Gasteiger partial charge in [0, 0.05) is 13.2 Å². The lowest BCUT2D eigenvalue weighted by molar-refractivity contribution is 0.0908. The molecule has 0 unspecified atom stereocenters. The Labute approximate surface area is 103 Å². The minimum atomic E-state index is -0.352. The van der Waals surface area contributed by atoms with Crippen molar-refractivity contribution in [2.24, 2.45) is 0 Å². The number of hydrogen-bond donors (Lipinski definition) is 2. The number of amides is 1. The molecule has 0 radical (unpaired) electrons. The van der Waals surface area contributed by atoms with Gasteiger partial charge in [-0.3, -0.25) is 4.79 Å². The molecule has 0 saturated heterocycles. The first kappa shape index (κ1) is 12.2. The smallest absolute Gasteiger partial charge is 0.292 e. The van der Waals surface area contributed by atoms with Crippen molar-refractivity contribution < 1.29 is 13.9 Å². The van der Waals surface area contributed by atoms with Gasteiger partial charge in [0.2, 0.25) is 0 Å². The highest BCUT2D eigenvalue weighted by Crippen LogP contribution is 2.01. The molecular weight excluding hydrogens is 238 g/mol. The molecule has 0 bridgehead atoms. The van der Waals surface area contributed by atoms with E-state index in [1.54, 1.807) is 6.26 Å². The lowest BCUT2D eigenvalue weighted by Gasteiger charge is -2.03. The predicted molar refractivity (Wildman–Crippen MR) is 59.5 cm³/mol. The van der Waals surface area contributed by atoms with Crippen molar-refractivity contribution >= 4 is 5.91 Å². The van der Waals surface area contributed by atoms with Crippen molar-refractivity contribution in [1.29, 1.82) is 0 Å². The number of furan rings is 1. The van der Waals surface area contributed by atoms with E-state index in [1.807, 2.05) is 12.1 Å². The minimum absolute atomic E-state index is 0.0338. The summed E-state index contributed by atoms with van der Waals surface area (Å²) >= 11 is 0. The van der Waals surface area contributed by atoms with Gasteiger partial charge in [-0.1, -0.05) is 0 Å². The number of H-pyrrole nitrogens is 1. The third kappa shape index (κ3) is 3.67. The highest BCUT2D eigenvalue weighted by molar-refractivity contribution is 5.89. The molecule has 0 atom stereocenters. The molecule has 2 rings (SSSR count). The fraction of sp³-hybridized carbons (Fsp3) is 0.400. The molecule has 0 aliphatic heterocycles. The molecule has 0 aromatic carbocycles. The van der Waals surface area contributed by atoms with Gasteiger partial charge < -0.3 is 14.5 Å². The van der Waals surface area contributed by atoms with Gasteiger partial charge in [-0.05, 0) is 23.8 Å². The molecule has 2 aromatic rings. The zero-order valence-electron chi connectivity index (χ0n) is 9.63. The lowest BCUT2D eigenvalue weighted by Crippen LogP contribution is -2.26. The summed E-state index contributed by atoms with van der Waals surface area (Å²) in [5.41, 5.74) is 0. The van der Waals surface area contributed by atoms with Crippen LogP contribution in [0.5, 0.6) is 0 Å². The van der Waals surface area contributed by atoms with E-state index >= 15 is 0 Å². The van der Waals surface area contributed by atoms with Crippen LogP contribution < -0.4 is 5.32 Å². The summed E-state index contributed by atoms with van der Waals surface area (Å²) < 4.78 is 10.5. The maximum Gasteiger partial charge on any atom is 0.292 e. The van der Waals surface area contributed by atoms with Crippen molar-refractivity contribution in [3.63, 3.8) is 0 Å². The van der Waals surface area contributed by atoms with Gasteiger partial charge in [-0.15, -0.1) is 10.2 Å². The Morgan fingerprint density at radius 3 is 3.22 bits per heavy atom. The maximum absolute atomic E-state index is 11.4. The lowest BCUT2D eigenvalue weighted by atomic mass is 10.4. The summed E-state index contributed by atoms with van der Waals surface area (Å²) in [5, 5.41) is 15.3. The van der Waals surface area contributed by atoms with Crippen LogP contribution in [-0.2, 0) is 11.3 Å². The number of ether oxygens (including phenoxy) is 1. The number of carbonyl (C=O) groups excluding carboxylic acids is 1. The normalized spacial score (nSPS) is 10.4. The van der Waals surface area contributed by atoms with Gasteiger partial charge >= 0.3 is 0 Å². The Bertz CT molecular complexity index is 454. The number of nitrogens with one attached hydrogen (secondary N) is 2. The van der Waals surface area contributed by atoms with Crippen molar-refractivity contribution in [1.82, 2.24) is 25.9 Å². The summed E-state index contributed by atoms with van der Waals surface area (Å²) in [6.45, 7) is 1.46. The zero-order chi connectivity index (χ0) is 12.6. The first-order valence-corrected chi connectivity index (χ1v) is 5.48. The van der Waals surface area contributed by atoms with Crippen LogP contribution in [0.3, 0.4) is 0 Å². The van der Waals surface area contributed by atoms with Crippen molar-refractivity contribution in [3.8, 4) is 0 Å². The van der Waals surface area contributed by atoms with Crippen LogP contribution in [0.1, 0.15) is 22.8 Å². The van der Waals surface area contributed by atoms with Crippen molar-refractivity contribution in [2.45, 2.75) is 13.0 Å². The van der Waals surface area contributed by atoms with E-state index in [1.165, 1.54) is 0 Å². The summed E-state index contributed by atoms with van der Waals surface area (Å²) in [7, 11) is 0. The highest BCUT2D eigenvalue weighted by Gasteiger charge is 2.08. The Morgan fingerprint density at radius 1 is 1.56 bits per heavy atom. The van der Waals surface area contributed by atoms with Gasteiger partial charge in [0.25, 0.3) is 11.7 Å². The first-order valence-electron chi connectivity index (χ1n) is 5.48. The van der Waals surface area contributed by atoms with E-state index < -0.39 is 0 Å². The summed E-state index contributed by atoms with van der Waals surface area (Å²) in [6, 6.07) is 3.65. The standard InChI is InChI=1S/C10H13N5O3/c16-10(9-12-14-15-13-9)11-4-2-5-17-7-8-3-1-6-18-8/h1,3,6H,2,4-5,7H2,(H,11,16)(H,12,13,14,15). The average Bonchev–Trinajstić information content (AvgIpc) is 3.05. The van der Waals surface area contributed by atoms with E-state index in [-0.39, 0.29) is 11.7 Å². The van der Waals surface area contributed by atoms with E-state index in [0.29, 0.717) is 26.2 Å². The Balaban J connectivity index is 1.52. The second kappa shape index (κ2) is 6.50. The van der Waals surface area contributed by atoms with Crippen molar-refractivity contribution in [2.75, 3.05) is 13.2 Å². The molecule has 0 aliphatic carbocycles. The molecule has 2 aromatic heterocycles. The van der Waals surface area contributed by atoms with E-state index in [2.05, 4.69) is 25.9 Å². The zero-order valence-corrected chi connectivity index (χ0v) is 9.63. The van der Waals surface area contributed by atoms with Crippen LogP contribution in [-0.4, -0.2) is 39.7 Å². The van der Waals surface area contributed by atoms with Crippen LogP contribution in [0.2, 0.25) is 0 Å². The van der Waals surface area contributed by atoms with Crippen LogP contribution in [0, 0.1) is 0 Å². The SMILES string of the molecule is O=C(NCCCOCc1ccco1)c1nn[nH]n1. The summed E-state index contributed by atoms with van der Waals surface area (Å²) in [6.07, 6.45) is 2.30. The minimum Gasteiger partial charge on any atom is -0.467 e. The first-order chi connectivity index (χ1) is 8.86. The molecule has 0 saturated carbocycles. The number of rotatable bonds is 7. The van der Waals surface area contributed by atoms with Crippen LogP contribution in [0.15, 0.2) is 22.8 Å². The average molecular weight is 251 g/mol. The number of nitrogens with zero attached hydrogens (tertiary/aromatic N) is 3. The largest absolute Gasteiger partial charge is 0.467 e. The molecule has 0 spiro atoms. The number of aromatic nitrogens is 4. The Morgan fingerprint density at radius 2 is 2.50 bits per heavy atom. The quantitative estimate of drug-likeness (QED) is 0.677. The Kier molecular flexibility index (Phi) is 4.42. The molecule has 0 fully saturated rings. The summed E-state index contributed by atoms with van der Waals surface area (Å²) in [5.74, 6) is 0.465. The van der Waals surface area contributed by atoms with Crippen LogP contribution >= 0.6 is 0 Å². The second-order valence-corrected chi connectivity index (χ2v) is 3.48. The molecule has 1 amide bonds. The highest BCUT2D eigenvalue weighted by atomic mass is 16.5. The Hall–Kier alpha value is -2.22. The van der Waals surface area contributed by atoms with E-state index in [4.69, 9.17) is 9.15 Å². The maximum atomic E-state index is 11.4. The van der Waals surface area contributed by atoms with Gasteiger partial charge in [0.05, 0.1) is 6.26 Å². The van der Waals surface area contributed by atoms with Crippen LogP contribution in [0.4, 0.5) is 0 Å². The van der Waals surface area contributed by atoms with Gasteiger partial charge in [0.1, 0.15) is 12.4 Å². The third-order valence-electron chi connectivity index (χ3n) is 2.12. The van der Waals surface area contributed by atoms with E-state index in [0.717, 1.165) is 5.76 Å². The number of aromatic amines is 1. The topological polar surface area (TPSA) is 106 Å². The third-order valence-corrected chi connectivity index (χ3v) is 2.12. The fourth-order valence-corrected chi connectivity index (χ4v) is 1.28. The molecule has 96 valence electrons. The molecule has 2 N–H and O–H groups in total. The van der Waals surface area contributed by atoms with Gasteiger partial charge in [0.15, 0.2) is 0 Å². The fourth-order valence-electron chi connectivity index (χ4n) is 1.28. The molecule has 18 heavy (non-hydrogen) atoms. The van der Waals surface area contributed by atoms with Crippen molar-refractivity contribution in [3.05, 3.63) is 30.0 Å². The van der Waals surface area contributed by atoms with Gasteiger partial charge in [-0.2, -0.15) is 5.21 Å². The number of tetrazole rings is 1. The molecule has 8 heteroatoms. The monoisotopic (exact) mass is 251 g/mol. The molecule has 2 heterocycles. The van der Waals surface area contributed by atoms with Crippen LogP contribution in [0.25, 0.3) is 0 Å². The molecule has 0 aliphatic rings. The molecule has 8 nitrogen and oxygen atoms in total. The second-order valence-electron chi connectivity index (χ2n) is 3.48. The van der Waals surface area contributed by atoms with Gasteiger partial charge in [-0.25, -0.2) is 0 Å². The summed E-state index contributed by atoms with van der Waals surface area (Å²) in [4.78, 5) is 11.4. The van der Waals surface area contributed by atoms with E-state index in [9.17, 15) is 4.79 Å². The number of hydrogen-bond acceptors (Lipinski definition) is 6. The molecular formula is C10H13N5O3. The predicted octanol–water partition coefficient (Wildman–Crippen LogP) is 0.129. The number of carbonyl (C=O) groups is 1.